The standard InChI is InChI=1S/C17H25F2N/c1-12(2)11-17(8-3-4-9-17)15(20)10-13-6-5-7-14(18)16(13)19/h5-7,12,15H,3-4,8-11,20H2,1-2H3. The summed E-state index contributed by atoms with van der Waals surface area (Å²) in [5, 5.41) is 0. The molecule has 1 atom stereocenters. The molecule has 0 saturated heterocycles. The molecule has 0 heterocycles. The summed E-state index contributed by atoms with van der Waals surface area (Å²) in [5.74, 6) is -0.934. The van der Waals surface area contributed by atoms with E-state index in [2.05, 4.69) is 13.8 Å². The van der Waals surface area contributed by atoms with Gasteiger partial charge in [-0.1, -0.05) is 38.8 Å². The average Bonchev–Trinajstić information content (AvgIpc) is 2.84. The molecule has 2 rings (SSSR count). The molecule has 2 N–H and O–H groups in total. The SMILES string of the molecule is CC(C)CC1(C(N)Cc2cccc(F)c2F)CCCC1. The molecule has 0 spiro atoms. The third-order valence-corrected chi connectivity index (χ3v) is 4.67. The lowest BCUT2D eigenvalue weighted by molar-refractivity contribution is 0.180. The zero-order valence-corrected chi connectivity index (χ0v) is 12.5. The van der Waals surface area contributed by atoms with Gasteiger partial charge >= 0.3 is 0 Å². The van der Waals surface area contributed by atoms with Crippen LogP contribution in [-0.4, -0.2) is 6.04 Å². The molecule has 20 heavy (non-hydrogen) atoms. The van der Waals surface area contributed by atoms with Gasteiger partial charge in [0.2, 0.25) is 0 Å². The summed E-state index contributed by atoms with van der Waals surface area (Å²) in [4.78, 5) is 0. The van der Waals surface area contributed by atoms with Gasteiger partial charge in [-0.3, -0.25) is 0 Å². The minimum Gasteiger partial charge on any atom is -0.327 e. The average molecular weight is 281 g/mol. The van der Waals surface area contributed by atoms with Gasteiger partial charge < -0.3 is 5.73 Å². The quantitative estimate of drug-likeness (QED) is 0.848. The van der Waals surface area contributed by atoms with E-state index >= 15 is 0 Å². The fourth-order valence-corrected chi connectivity index (χ4v) is 3.78. The van der Waals surface area contributed by atoms with Crippen LogP contribution in [0.3, 0.4) is 0 Å². The fraction of sp³-hybridized carbons (Fsp3) is 0.647. The van der Waals surface area contributed by atoms with E-state index in [9.17, 15) is 8.78 Å². The first-order valence-corrected chi connectivity index (χ1v) is 7.63. The van der Waals surface area contributed by atoms with Gasteiger partial charge in [-0.25, -0.2) is 8.78 Å². The van der Waals surface area contributed by atoms with Crippen molar-refractivity contribution in [2.24, 2.45) is 17.1 Å². The highest BCUT2D eigenvalue weighted by atomic mass is 19.2. The maximum atomic E-state index is 13.8. The highest BCUT2D eigenvalue weighted by Gasteiger charge is 2.39. The molecule has 1 nitrogen and oxygen atoms in total. The van der Waals surface area contributed by atoms with Gasteiger partial charge in [-0.15, -0.1) is 0 Å². The van der Waals surface area contributed by atoms with E-state index in [4.69, 9.17) is 5.73 Å². The Morgan fingerprint density at radius 3 is 2.45 bits per heavy atom. The lowest BCUT2D eigenvalue weighted by atomic mass is 9.71. The molecule has 0 aromatic heterocycles. The number of hydrogen-bond donors (Lipinski definition) is 1. The van der Waals surface area contributed by atoms with Crippen molar-refractivity contribution in [1.29, 1.82) is 0 Å². The first-order valence-electron chi connectivity index (χ1n) is 7.63. The summed E-state index contributed by atoms with van der Waals surface area (Å²) < 4.78 is 27.1. The van der Waals surface area contributed by atoms with Gasteiger partial charge in [-0.05, 0) is 48.6 Å². The van der Waals surface area contributed by atoms with Crippen LogP contribution < -0.4 is 5.73 Å². The molecule has 1 saturated carbocycles. The molecule has 0 amide bonds. The van der Waals surface area contributed by atoms with Crippen molar-refractivity contribution in [2.75, 3.05) is 0 Å². The molecule has 1 aliphatic rings. The van der Waals surface area contributed by atoms with Crippen molar-refractivity contribution in [3.8, 4) is 0 Å². The van der Waals surface area contributed by atoms with E-state index in [1.54, 1.807) is 12.1 Å². The molecule has 1 aromatic rings. The van der Waals surface area contributed by atoms with E-state index < -0.39 is 11.6 Å². The molecule has 0 bridgehead atoms. The summed E-state index contributed by atoms with van der Waals surface area (Å²) in [7, 11) is 0. The van der Waals surface area contributed by atoms with Crippen LogP contribution in [-0.2, 0) is 6.42 Å². The number of benzene rings is 1. The Hall–Kier alpha value is -0.960. The molecule has 112 valence electrons. The lowest BCUT2D eigenvalue weighted by Crippen LogP contribution is -2.42. The normalized spacial score (nSPS) is 19.5. The fourth-order valence-electron chi connectivity index (χ4n) is 3.78. The molecular formula is C17H25F2N. The second-order valence-corrected chi connectivity index (χ2v) is 6.69. The first kappa shape index (κ1) is 15.4. The van der Waals surface area contributed by atoms with Gasteiger partial charge in [-0.2, -0.15) is 0 Å². The largest absolute Gasteiger partial charge is 0.327 e. The third-order valence-electron chi connectivity index (χ3n) is 4.67. The van der Waals surface area contributed by atoms with Crippen molar-refractivity contribution < 1.29 is 8.78 Å². The van der Waals surface area contributed by atoms with Crippen LogP contribution in [0.5, 0.6) is 0 Å². The van der Waals surface area contributed by atoms with Crippen LogP contribution in [0.4, 0.5) is 8.78 Å². The molecule has 1 aromatic carbocycles. The summed E-state index contributed by atoms with van der Waals surface area (Å²) in [6, 6.07) is 4.27. The summed E-state index contributed by atoms with van der Waals surface area (Å²) >= 11 is 0. The van der Waals surface area contributed by atoms with Gasteiger partial charge in [0.25, 0.3) is 0 Å². The van der Waals surface area contributed by atoms with Crippen LogP contribution >= 0.6 is 0 Å². The Morgan fingerprint density at radius 1 is 1.20 bits per heavy atom. The van der Waals surface area contributed by atoms with Gasteiger partial charge in [0.15, 0.2) is 11.6 Å². The number of nitrogens with two attached hydrogens (primary N) is 1. The van der Waals surface area contributed by atoms with E-state index in [0.29, 0.717) is 17.9 Å². The zero-order valence-electron chi connectivity index (χ0n) is 12.5. The smallest absolute Gasteiger partial charge is 0.162 e. The Bertz CT molecular complexity index is 450. The van der Waals surface area contributed by atoms with Gasteiger partial charge in [0.1, 0.15) is 0 Å². The van der Waals surface area contributed by atoms with E-state index in [0.717, 1.165) is 25.3 Å². The van der Waals surface area contributed by atoms with Crippen molar-refractivity contribution in [3.05, 3.63) is 35.4 Å². The van der Waals surface area contributed by atoms with Crippen LogP contribution in [0.2, 0.25) is 0 Å². The molecule has 1 unspecified atom stereocenters. The van der Waals surface area contributed by atoms with E-state index in [-0.39, 0.29) is 11.5 Å². The minimum absolute atomic E-state index is 0.0938. The summed E-state index contributed by atoms with van der Waals surface area (Å²) in [6.45, 7) is 4.41. The first-order chi connectivity index (χ1) is 9.44. The molecule has 1 fully saturated rings. The van der Waals surface area contributed by atoms with E-state index in [1.807, 2.05) is 0 Å². The van der Waals surface area contributed by atoms with Gasteiger partial charge in [0.05, 0.1) is 0 Å². The molecule has 1 aliphatic carbocycles. The molecular weight excluding hydrogens is 256 g/mol. The van der Waals surface area contributed by atoms with Gasteiger partial charge in [0, 0.05) is 6.04 Å². The number of rotatable bonds is 5. The predicted octanol–water partition coefficient (Wildman–Crippen LogP) is 4.44. The molecule has 3 heteroatoms. The zero-order chi connectivity index (χ0) is 14.8. The minimum atomic E-state index is -0.779. The number of halogens is 2. The highest BCUT2D eigenvalue weighted by Crippen LogP contribution is 2.46. The second-order valence-electron chi connectivity index (χ2n) is 6.69. The highest BCUT2D eigenvalue weighted by molar-refractivity contribution is 5.20. The molecule has 0 aliphatic heterocycles. The Morgan fingerprint density at radius 2 is 1.85 bits per heavy atom. The second kappa shape index (κ2) is 6.21. The Balaban J connectivity index is 2.16. The molecule has 0 radical (unpaired) electrons. The summed E-state index contributed by atoms with van der Waals surface area (Å²) in [5.41, 5.74) is 6.94. The monoisotopic (exact) mass is 281 g/mol. The van der Waals surface area contributed by atoms with Crippen molar-refractivity contribution in [3.63, 3.8) is 0 Å². The number of hydrogen-bond acceptors (Lipinski definition) is 1. The predicted molar refractivity (Wildman–Crippen MR) is 78.4 cm³/mol. The van der Waals surface area contributed by atoms with Crippen molar-refractivity contribution >= 4 is 0 Å². The summed E-state index contributed by atoms with van der Waals surface area (Å²) in [6.07, 6.45) is 6.13. The van der Waals surface area contributed by atoms with Crippen molar-refractivity contribution in [1.82, 2.24) is 0 Å². The van der Waals surface area contributed by atoms with Crippen LogP contribution in [0.15, 0.2) is 18.2 Å². The lowest BCUT2D eigenvalue weighted by Gasteiger charge is -2.37. The maximum absolute atomic E-state index is 13.8. The Kier molecular flexibility index (Phi) is 4.79. The van der Waals surface area contributed by atoms with E-state index in [1.165, 1.54) is 12.8 Å². The Labute approximate surface area is 120 Å². The third kappa shape index (κ3) is 3.20. The van der Waals surface area contributed by atoms with Crippen LogP contribution in [0.1, 0.15) is 51.5 Å². The maximum Gasteiger partial charge on any atom is 0.162 e. The van der Waals surface area contributed by atoms with Crippen LogP contribution in [0, 0.1) is 23.0 Å². The topological polar surface area (TPSA) is 26.0 Å². The van der Waals surface area contributed by atoms with Crippen molar-refractivity contribution in [2.45, 2.75) is 58.4 Å². The van der Waals surface area contributed by atoms with Crippen LogP contribution in [0.25, 0.3) is 0 Å².